The molecule has 2 aliphatic rings. The lowest BCUT2D eigenvalue weighted by molar-refractivity contribution is -0.158. The number of benzene rings is 1. The first-order valence-corrected chi connectivity index (χ1v) is 11.7. The molecule has 1 saturated heterocycles. The van der Waals surface area contributed by atoms with E-state index in [1.54, 1.807) is 0 Å². The molecule has 1 aromatic heterocycles. The second kappa shape index (κ2) is 8.73. The van der Waals surface area contributed by atoms with Gasteiger partial charge in [0.25, 0.3) is 5.91 Å². The second-order valence-electron chi connectivity index (χ2n) is 7.60. The van der Waals surface area contributed by atoms with Crippen LogP contribution in [0, 0.1) is 6.92 Å². The molecule has 158 valence electrons. The van der Waals surface area contributed by atoms with E-state index in [1.807, 2.05) is 31.2 Å². The lowest BCUT2D eigenvalue weighted by Crippen LogP contribution is -2.69. The number of nitrogens with one attached hydrogen (secondary N) is 2. The first-order chi connectivity index (χ1) is 14.5. The molecule has 10 heteroatoms. The van der Waals surface area contributed by atoms with Gasteiger partial charge in [-0.2, -0.15) is 0 Å². The third-order valence-electron chi connectivity index (χ3n) is 5.50. The zero-order chi connectivity index (χ0) is 21.1. The van der Waals surface area contributed by atoms with Crippen LogP contribution in [0.2, 0.25) is 0 Å². The maximum atomic E-state index is 13.0. The van der Waals surface area contributed by atoms with Gasteiger partial charge in [-0.3, -0.25) is 19.7 Å². The molecule has 2 heterocycles. The highest BCUT2D eigenvalue weighted by atomic mass is 32.2. The molecular weight excluding hydrogens is 422 g/mol. The van der Waals surface area contributed by atoms with E-state index in [0.29, 0.717) is 22.3 Å². The van der Waals surface area contributed by atoms with Crippen LogP contribution in [0.4, 0.5) is 10.8 Å². The van der Waals surface area contributed by atoms with E-state index < -0.39 is 11.4 Å². The van der Waals surface area contributed by atoms with Gasteiger partial charge >= 0.3 is 0 Å². The zero-order valence-corrected chi connectivity index (χ0v) is 18.3. The number of aryl methyl sites for hydroxylation is 1. The van der Waals surface area contributed by atoms with Crippen LogP contribution in [0.25, 0.3) is 0 Å². The Bertz CT molecular complexity index is 954. The Morgan fingerprint density at radius 1 is 1.20 bits per heavy atom. The molecule has 0 bridgehead atoms. The largest absolute Gasteiger partial charge is 0.330 e. The van der Waals surface area contributed by atoms with Gasteiger partial charge in [-0.25, -0.2) is 0 Å². The highest BCUT2D eigenvalue weighted by molar-refractivity contribution is 8.01. The van der Waals surface area contributed by atoms with Crippen LogP contribution in [0.3, 0.4) is 0 Å². The van der Waals surface area contributed by atoms with Gasteiger partial charge in [0.2, 0.25) is 16.9 Å². The fraction of sp³-hybridized carbons (Fsp3) is 0.450. The fourth-order valence-electron chi connectivity index (χ4n) is 3.94. The van der Waals surface area contributed by atoms with E-state index in [2.05, 4.69) is 20.8 Å². The monoisotopic (exact) mass is 445 g/mol. The molecule has 1 aliphatic carbocycles. The number of carbonyl (C=O) groups is 3. The van der Waals surface area contributed by atoms with Crippen molar-refractivity contribution in [3.63, 3.8) is 0 Å². The Morgan fingerprint density at radius 2 is 1.93 bits per heavy atom. The number of rotatable bonds is 5. The quantitative estimate of drug-likeness (QED) is 0.539. The summed E-state index contributed by atoms with van der Waals surface area (Å²) in [5, 5.41) is 14.5. The van der Waals surface area contributed by atoms with Crippen molar-refractivity contribution in [3.05, 3.63) is 29.8 Å². The summed E-state index contributed by atoms with van der Waals surface area (Å²) < 4.78 is 0.656. The fourth-order valence-corrected chi connectivity index (χ4v) is 5.59. The van der Waals surface area contributed by atoms with E-state index in [4.69, 9.17) is 0 Å². The van der Waals surface area contributed by atoms with E-state index in [0.717, 1.165) is 24.9 Å². The predicted octanol–water partition coefficient (Wildman–Crippen LogP) is 2.87. The molecule has 30 heavy (non-hydrogen) atoms. The van der Waals surface area contributed by atoms with Crippen LogP contribution in [0.5, 0.6) is 0 Å². The maximum Gasteiger partial charge on any atom is 0.252 e. The Hall–Kier alpha value is -2.46. The summed E-state index contributed by atoms with van der Waals surface area (Å²) in [6.07, 6.45) is 4.01. The molecule has 2 N–H and O–H groups in total. The number of imide groups is 1. The van der Waals surface area contributed by atoms with Crippen molar-refractivity contribution in [2.24, 2.45) is 0 Å². The van der Waals surface area contributed by atoms with E-state index in [9.17, 15) is 14.4 Å². The van der Waals surface area contributed by atoms with E-state index >= 15 is 0 Å². The summed E-state index contributed by atoms with van der Waals surface area (Å²) in [4.78, 5) is 39.0. The number of amides is 3. The molecule has 8 nitrogen and oxygen atoms in total. The summed E-state index contributed by atoms with van der Waals surface area (Å²) in [5.74, 6) is -0.859. The minimum absolute atomic E-state index is 0.0680. The molecule has 2 aromatic rings. The molecule has 1 aromatic carbocycles. The summed E-state index contributed by atoms with van der Waals surface area (Å²) in [5.41, 5.74) is 1.21. The normalized spacial score (nSPS) is 18.4. The summed E-state index contributed by atoms with van der Waals surface area (Å²) in [7, 11) is 0. The molecular formula is C20H23N5O3S2. The molecule has 4 rings (SSSR count). The van der Waals surface area contributed by atoms with Crippen LogP contribution in [0.1, 0.15) is 37.7 Å². The number of piperazine rings is 1. The van der Waals surface area contributed by atoms with E-state index in [-0.39, 0.29) is 24.1 Å². The van der Waals surface area contributed by atoms with Crippen LogP contribution in [-0.4, -0.2) is 50.7 Å². The lowest BCUT2D eigenvalue weighted by Gasteiger charge is -2.47. The van der Waals surface area contributed by atoms with Crippen LogP contribution in [-0.2, 0) is 14.4 Å². The molecule has 1 spiro atoms. The SMILES string of the molecule is Cc1ccc(Nc2nnc(SCC(=O)N3CC(=O)NC(=O)C34CCCCC4)s2)cc1. The average molecular weight is 446 g/mol. The summed E-state index contributed by atoms with van der Waals surface area (Å²) >= 11 is 2.64. The lowest BCUT2D eigenvalue weighted by atomic mass is 9.78. The predicted molar refractivity (Wildman–Crippen MR) is 116 cm³/mol. The minimum atomic E-state index is -0.886. The molecule has 0 radical (unpaired) electrons. The van der Waals surface area contributed by atoms with Crippen molar-refractivity contribution in [1.82, 2.24) is 20.4 Å². The number of hydrogen-bond donors (Lipinski definition) is 2. The number of anilines is 2. The molecule has 0 unspecified atom stereocenters. The van der Waals surface area contributed by atoms with Gasteiger partial charge in [-0.15, -0.1) is 10.2 Å². The van der Waals surface area contributed by atoms with Gasteiger partial charge < -0.3 is 10.2 Å². The van der Waals surface area contributed by atoms with Gasteiger partial charge in [0.05, 0.1) is 5.75 Å². The highest BCUT2D eigenvalue weighted by Crippen LogP contribution is 2.36. The molecule has 0 atom stereocenters. The second-order valence-corrected chi connectivity index (χ2v) is 9.80. The third kappa shape index (κ3) is 4.34. The Balaban J connectivity index is 1.40. The zero-order valence-electron chi connectivity index (χ0n) is 16.6. The van der Waals surface area contributed by atoms with Gasteiger partial charge in [0.15, 0.2) is 4.34 Å². The van der Waals surface area contributed by atoms with Gasteiger partial charge in [0, 0.05) is 5.69 Å². The Morgan fingerprint density at radius 3 is 2.67 bits per heavy atom. The molecule has 1 saturated carbocycles. The first-order valence-electron chi connectivity index (χ1n) is 9.91. The Kier molecular flexibility index (Phi) is 6.05. The first kappa shape index (κ1) is 20.8. The number of hydrogen-bond acceptors (Lipinski definition) is 8. The van der Waals surface area contributed by atoms with Crippen molar-refractivity contribution in [2.75, 3.05) is 17.6 Å². The van der Waals surface area contributed by atoms with Crippen LogP contribution in [0.15, 0.2) is 28.6 Å². The van der Waals surface area contributed by atoms with Crippen LogP contribution < -0.4 is 10.6 Å². The number of carbonyl (C=O) groups excluding carboxylic acids is 3. The number of thioether (sulfide) groups is 1. The number of aromatic nitrogens is 2. The molecule has 1 aliphatic heterocycles. The molecule has 2 fully saturated rings. The molecule has 3 amide bonds. The van der Waals surface area contributed by atoms with Gasteiger partial charge in [0.1, 0.15) is 12.1 Å². The summed E-state index contributed by atoms with van der Waals surface area (Å²) in [6.45, 7) is 1.96. The topological polar surface area (TPSA) is 104 Å². The van der Waals surface area contributed by atoms with Crippen molar-refractivity contribution in [2.45, 2.75) is 48.9 Å². The Labute approximate surface area is 182 Å². The minimum Gasteiger partial charge on any atom is -0.330 e. The van der Waals surface area contributed by atoms with Gasteiger partial charge in [-0.05, 0) is 31.9 Å². The maximum absolute atomic E-state index is 13.0. The third-order valence-corrected chi connectivity index (χ3v) is 7.46. The van der Waals surface area contributed by atoms with Gasteiger partial charge in [-0.1, -0.05) is 60.1 Å². The van der Waals surface area contributed by atoms with Crippen LogP contribution >= 0.6 is 23.1 Å². The van der Waals surface area contributed by atoms with E-state index in [1.165, 1.54) is 33.6 Å². The average Bonchev–Trinajstić information content (AvgIpc) is 3.19. The number of nitrogens with zero attached hydrogens (tertiary/aromatic N) is 3. The van der Waals surface area contributed by atoms with Crippen molar-refractivity contribution >= 4 is 51.6 Å². The highest BCUT2D eigenvalue weighted by Gasteiger charge is 2.50. The van der Waals surface area contributed by atoms with Crippen molar-refractivity contribution in [1.29, 1.82) is 0 Å². The standard InChI is InChI=1S/C20H23N5O3S2/c1-13-5-7-14(8-6-13)21-18-23-24-19(30-18)29-12-16(27)25-11-15(26)22-17(28)20(25)9-3-2-4-10-20/h5-8H,2-4,9-12H2,1H3,(H,21,23)(H,22,26,28). The van der Waals surface area contributed by atoms with Crippen molar-refractivity contribution in [3.8, 4) is 0 Å². The summed E-state index contributed by atoms with van der Waals surface area (Å²) in [6, 6.07) is 7.95. The smallest absolute Gasteiger partial charge is 0.252 e. The van der Waals surface area contributed by atoms with Crippen molar-refractivity contribution < 1.29 is 14.4 Å².